The van der Waals surface area contributed by atoms with Gasteiger partial charge in [-0.25, -0.2) is 0 Å². The Balaban J connectivity index is 2.87. The minimum atomic E-state index is -0.740. The number of aryl methyl sites for hydroxylation is 1. The van der Waals surface area contributed by atoms with Crippen molar-refractivity contribution in [2.24, 2.45) is 0 Å². The maximum Gasteiger partial charge on any atom is 0.161 e. The molecule has 0 saturated heterocycles. The van der Waals surface area contributed by atoms with Crippen LogP contribution in [0.2, 0.25) is 0 Å². The van der Waals surface area contributed by atoms with Crippen molar-refractivity contribution in [2.45, 2.75) is 26.1 Å². The van der Waals surface area contributed by atoms with Crippen LogP contribution in [0.1, 0.15) is 12.5 Å². The van der Waals surface area contributed by atoms with Gasteiger partial charge in [-0.1, -0.05) is 6.07 Å². The lowest BCUT2D eigenvalue weighted by atomic mass is 10.2. The van der Waals surface area contributed by atoms with E-state index in [-0.39, 0.29) is 6.61 Å². The number of rotatable bonds is 5. The maximum absolute atomic E-state index is 9.37. The van der Waals surface area contributed by atoms with E-state index in [1.165, 1.54) is 0 Å². The van der Waals surface area contributed by atoms with Gasteiger partial charge in [0.25, 0.3) is 0 Å². The zero-order valence-corrected chi connectivity index (χ0v) is 9.80. The lowest BCUT2D eigenvalue weighted by Gasteiger charge is -2.21. The zero-order chi connectivity index (χ0) is 12.1. The summed E-state index contributed by atoms with van der Waals surface area (Å²) in [5, 5.41) is 18.4. The van der Waals surface area contributed by atoms with Crippen molar-refractivity contribution in [3.8, 4) is 11.5 Å². The van der Waals surface area contributed by atoms with E-state index in [2.05, 4.69) is 0 Å². The van der Waals surface area contributed by atoms with Crippen molar-refractivity contribution in [3.05, 3.63) is 23.8 Å². The second-order valence-electron chi connectivity index (χ2n) is 3.73. The van der Waals surface area contributed by atoms with Crippen molar-refractivity contribution >= 4 is 0 Å². The Morgan fingerprint density at radius 1 is 1.31 bits per heavy atom. The molecule has 1 aromatic rings. The second-order valence-corrected chi connectivity index (χ2v) is 3.73. The van der Waals surface area contributed by atoms with Crippen LogP contribution in [-0.4, -0.2) is 36.1 Å². The number of aliphatic hydroxyl groups excluding tert-OH is 2. The Kier molecular flexibility index (Phi) is 4.58. The summed E-state index contributed by atoms with van der Waals surface area (Å²) >= 11 is 0. The molecule has 0 aromatic heterocycles. The Morgan fingerprint density at radius 3 is 2.50 bits per heavy atom. The number of methoxy groups -OCH3 is 1. The molecule has 0 spiro atoms. The van der Waals surface area contributed by atoms with Crippen LogP contribution in [0.5, 0.6) is 11.5 Å². The molecule has 0 heterocycles. The van der Waals surface area contributed by atoms with Crippen molar-refractivity contribution in [2.75, 3.05) is 13.7 Å². The molecule has 0 bridgehead atoms. The van der Waals surface area contributed by atoms with Crippen molar-refractivity contribution in [1.29, 1.82) is 0 Å². The summed E-state index contributed by atoms with van der Waals surface area (Å²) in [5.74, 6) is 1.12. The highest BCUT2D eigenvalue weighted by Gasteiger charge is 2.17. The number of aliphatic hydroxyl groups is 2. The fourth-order valence-electron chi connectivity index (χ4n) is 1.32. The fraction of sp³-hybridized carbons (Fsp3) is 0.500. The van der Waals surface area contributed by atoms with Crippen LogP contribution < -0.4 is 9.47 Å². The van der Waals surface area contributed by atoms with Gasteiger partial charge in [-0.2, -0.15) is 0 Å². The van der Waals surface area contributed by atoms with E-state index >= 15 is 0 Å². The maximum atomic E-state index is 9.37. The van der Waals surface area contributed by atoms with Gasteiger partial charge >= 0.3 is 0 Å². The van der Waals surface area contributed by atoms with E-state index < -0.39 is 12.2 Å². The highest BCUT2D eigenvalue weighted by molar-refractivity contribution is 5.42. The molecule has 0 aliphatic carbocycles. The van der Waals surface area contributed by atoms with Gasteiger partial charge in [0.1, 0.15) is 6.10 Å². The van der Waals surface area contributed by atoms with E-state index in [4.69, 9.17) is 14.6 Å². The third-order valence-electron chi connectivity index (χ3n) is 2.32. The first-order chi connectivity index (χ1) is 7.58. The highest BCUT2D eigenvalue weighted by atomic mass is 16.5. The van der Waals surface area contributed by atoms with Crippen molar-refractivity contribution < 1.29 is 19.7 Å². The average Bonchev–Trinajstić information content (AvgIpc) is 2.26. The van der Waals surface area contributed by atoms with E-state index in [0.29, 0.717) is 11.5 Å². The van der Waals surface area contributed by atoms with Gasteiger partial charge in [0.2, 0.25) is 0 Å². The molecule has 2 N–H and O–H groups in total. The summed E-state index contributed by atoms with van der Waals surface area (Å²) in [7, 11) is 1.55. The van der Waals surface area contributed by atoms with Crippen LogP contribution in [0.4, 0.5) is 0 Å². The monoisotopic (exact) mass is 226 g/mol. The van der Waals surface area contributed by atoms with E-state index in [0.717, 1.165) is 5.56 Å². The third kappa shape index (κ3) is 3.12. The first kappa shape index (κ1) is 12.8. The van der Waals surface area contributed by atoms with E-state index in [1.807, 2.05) is 19.1 Å². The summed E-state index contributed by atoms with van der Waals surface area (Å²) in [5.41, 5.74) is 1.06. The molecule has 4 nitrogen and oxygen atoms in total. The SMILES string of the molecule is COc1cc(C)ccc1OC(CO)C(C)O. The summed E-state index contributed by atoms with van der Waals surface area (Å²) in [6.45, 7) is 3.28. The topological polar surface area (TPSA) is 58.9 Å². The van der Waals surface area contributed by atoms with Crippen LogP contribution in [0.25, 0.3) is 0 Å². The predicted molar refractivity (Wildman–Crippen MR) is 60.9 cm³/mol. The van der Waals surface area contributed by atoms with Gasteiger partial charge in [-0.05, 0) is 31.5 Å². The first-order valence-corrected chi connectivity index (χ1v) is 5.18. The number of ether oxygens (including phenoxy) is 2. The van der Waals surface area contributed by atoms with E-state index in [9.17, 15) is 5.11 Å². The third-order valence-corrected chi connectivity index (χ3v) is 2.32. The molecule has 0 amide bonds. The second kappa shape index (κ2) is 5.72. The average molecular weight is 226 g/mol. The van der Waals surface area contributed by atoms with Gasteiger partial charge in [0.05, 0.1) is 19.8 Å². The summed E-state index contributed by atoms with van der Waals surface area (Å²) in [6, 6.07) is 5.49. The van der Waals surface area contributed by atoms with Gasteiger partial charge < -0.3 is 19.7 Å². The summed E-state index contributed by atoms with van der Waals surface area (Å²) in [4.78, 5) is 0. The minimum absolute atomic E-state index is 0.241. The van der Waals surface area contributed by atoms with Gasteiger partial charge in [-0.15, -0.1) is 0 Å². The lowest BCUT2D eigenvalue weighted by Crippen LogP contribution is -2.32. The quantitative estimate of drug-likeness (QED) is 0.790. The molecule has 90 valence electrons. The normalized spacial score (nSPS) is 14.3. The van der Waals surface area contributed by atoms with E-state index in [1.54, 1.807) is 20.1 Å². The zero-order valence-electron chi connectivity index (χ0n) is 9.80. The highest BCUT2D eigenvalue weighted by Crippen LogP contribution is 2.28. The lowest BCUT2D eigenvalue weighted by molar-refractivity contribution is 0.0107. The largest absolute Gasteiger partial charge is 0.493 e. The molecule has 1 aromatic carbocycles. The molecule has 16 heavy (non-hydrogen) atoms. The predicted octanol–water partition coefficient (Wildman–Crippen LogP) is 1.12. The Morgan fingerprint density at radius 2 is 2.00 bits per heavy atom. The number of hydrogen-bond donors (Lipinski definition) is 2. The molecular weight excluding hydrogens is 208 g/mol. The number of benzene rings is 1. The smallest absolute Gasteiger partial charge is 0.161 e. The van der Waals surface area contributed by atoms with Gasteiger partial charge in [-0.3, -0.25) is 0 Å². The van der Waals surface area contributed by atoms with Crippen molar-refractivity contribution in [3.63, 3.8) is 0 Å². The van der Waals surface area contributed by atoms with Crippen LogP contribution in [0.3, 0.4) is 0 Å². The van der Waals surface area contributed by atoms with Crippen LogP contribution in [-0.2, 0) is 0 Å². The van der Waals surface area contributed by atoms with Gasteiger partial charge in [0, 0.05) is 0 Å². The molecule has 0 radical (unpaired) electrons. The molecule has 0 aliphatic rings. The Hall–Kier alpha value is -1.26. The molecule has 4 heteroatoms. The molecule has 0 aliphatic heterocycles. The molecule has 0 fully saturated rings. The molecular formula is C12H18O4. The number of hydrogen-bond acceptors (Lipinski definition) is 4. The summed E-state index contributed by atoms with van der Waals surface area (Å²) < 4.78 is 10.6. The van der Waals surface area contributed by atoms with Crippen LogP contribution >= 0.6 is 0 Å². The minimum Gasteiger partial charge on any atom is -0.493 e. The molecule has 1 rings (SSSR count). The van der Waals surface area contributed by atoms with Crippen molar-refractivity contribution in [1.82, 2.24) is 0 Å². The fourth-order valence-corrected chi connectivity index (χ4v) is 1.32. The Bertz CT molecular complexity index is 336. The van der Waals surface area contributed by atoms with Gasteiger partial charge in [0.15, 0.2) is 11.5 Å². The Labute approximate surface area is 95.4 Å². The standard InChI is InChI=1S/C12H18O4/c1-8-4-5-10(11(6-8)15-3)16-12(7-13)9(2)14/h4-6,9,12-14H,7H2,1-3H3. The molecule has 0 saturated carbocycles. The molecule has 2 atom stereocenters. The molecule has 2 unspecified atom stereocenters. The van der Waals surface area contributed by atoms with Crippen LogP contribution in [0.15, 0.2) is 18.2 Å². The first-order valence-electron chi connectivity index (χ1n) is 5.18. The summed E-state index contributed by atoms with van der Waals surface area (Å²) in [6.07, 6.45) is -1.38. The van der Waals surface area contributed by atoms with Crippen LogP contribution in [0, 0.1) is 6.92 Å².